The topological polar surface area (TPSA) is 69.7 Å². The third-order valence-electron chi connectivity index (χ3n) is 4.58. The van der Waals surface area contributed by atoms with E-state index in [1.807, 2.05) is 27.7 Å². The molecule has 154 valence electrons. The van der Waals surface area contributed by atoms with Gasteiger partial charge in [-0.15, -0.1) is 0 Å². The van der Waals surface area contributed by atoms with Gasteiger partial charge in [0.25, 0.3) is 0 Å². The van der Waals surface area contributed by atoms with Crippen LogP contribution in [0.25, 0.3) is 6.08 Å². The second-order valence-electron chi connectivity index (χ2n) is 8.68. The van der Waals surface area contributed by atoms with Gasteiger partial charge in [0.1, 0.15) is 15.9 Å². The SMILES string of the molecule is CC(C)(C)OC(=O)NCC(=Cc1ccc(Cl)nc1Cl)B1OC(C)(C)C(C)(C)O1. The lowest BCUT2D eigenvalue weighted by atomic mass is 9.77. The Bertz CT molecular complexity index is 760. The highest BCUT2D eigenvalue weighted by molar-refractivity contribution is 6.56. The second kappa shape index (κ2) is 8.23. The summed E-state index contributed by atoms with van der Waals surface area (Å²) in [4.78, 5) is 16.1. The molecule has 0 bridgehead atoms. The number of carbonyl (C=O) groups excluding carboxylic acids is 1. The second-order valence-corrected chi connectivity index (χ2v) is 9.42. The van der Waals surface area contributed by atoms with Crippen molar-refractivity contribution in [3.05, 3.63) is 33.5 Å². The van der Waals surface area contributed by atoms with Crippen LogP contribution in [-0.4, -0.2) is 41.5 Å². The van der Waals surface area contributed by atoms with Crippen LogP contribution in [0.3, 0.4) is 0 Å². The van der Waals surface area contributed by atoms with Crippen LogP contribution in [0.4, 0.5) is 4.79 Å². The minimum Gasteiger partial charge on any atom is -0.444 e. The van der Waals surface area contributed by atoms with Gasteiger partial charge in [0.2, 0.25) is 0 Å². The van der Waals surface area contributed by atoms with Crippen molar-refractivity contribution in [1.29, 1.82) is 0 Å². The molecule has 1 aromatic rings. The minimum absolute atomic E-state index is 0.157. The highest BCUT2D eigenvalue weighted by Crippen LogP contribution is 2.39. The van der Waals surface area contributed by atoms with Crippen molar-refractivity contribution in [2.24, 2.45) is 0 Å². The van der Waals surface area contributed by atoms with Crippen molar-refractivity contribution in [3.8, 4) is 0 Å². The number of nitrogens with zero attached hydrogens (tertiary/aromatic N) is 1. The molecular formula is C19H27BCl2N2O4. The zero-order valence-corrected chi connectivity index (χ0v) is 18.9. The molecule has 0 unspecified atom stereocenters. The molecule has 1 saturated heterocycles. The number of rotatable bonds is 4. The third kappa shape index (κ3) is 5.86. The van der Waals surface area contributed by atoms with E-state index in [4.69, 9.17) is 37.2 Å². The zero-order chi connectivity index (χ0) is 21.3. The fourth-order valence-corrected chi connectivity index (χ4v) is 2.81. The molecule has 0 aromatic carbocycles. The standard InChI is InChI=1S/C19H27BCl2N2O4/c1-17(2,3)26-16(25)23-11-13(10-12-8-9-14(21)24-15(12)22)20-27-18(4,5)19(6,7)28-20/h8-10H,11H2,1-7H3,(H,23,25). The summed E-state index contributed by atoms with van der Waals surface area (Å²) in [5, 5.41) is 3.29. The number of amides is 1. The number of nitrogens with one attached hydrogen (secondary N) is 1. The van der Waals surface area contributed by atoms with Gasteiger partial charge in [0, 0.05) is 12.1 Å². The number of pyridine rings is 1. The Morgan fingerprint density at radius 1 is 1.21 bits per heavy atom. The van der Waals surface area contributed by atoms with Gasteiger partial charge in [-0.05, 0) is 66.1 Å². The molecule has 2 heterocycles. The van der Waals surface area contributed by atoms with Crippen LogP contribution in [0.5, 0.6) is 0 Å². The van der Waals surface area contributed by atoms with E-state index in [1.165, 1.54) is 0 Å². The lowest BCUT2D eigenvalue weighted by Gasteiger charge is -2.32. The number of hydrogen-bond donors (Lipinski definition) is 1. The molecule has 1 aliphatic heterocycles. The molecular weight excluding hydrogens is 402 g/mol. The van der Waals surface area contributed by atoms with Crippen molar-refractivity contribution in [3.63, 3.8) is 0 Å². The Morgan fingerprint density at radius 2 is 1.79 bits per heavy atom. The van der Waals surface area contributed by atoms with Crippen LogP contribution in [0.1, 0.15) is 54.0 Å². The Kier molecular flexibility index (Phi) is 6.76. The van der Waals surface area contributed by atoms with Gasteiger partial charge >= 0.3 is 13.2 Å². The summed E-state index contributed by atoms with van der Waals surface area (Å²) < 4.78 is 17.6. The molecule has 1 fully saturated rings. The number of halogens is 2. The van der Waals surface area contributed by atoms with Gasteiger partial charge in [-0.3, -0.25) is 0 Å². The lowest BCUT2D eigenvalue weighted by Crippen LogP contribution is -2.41. The predicted molar refractivity (Wildman–Crippen MR) is 113 cm³/mol. The van der Waals surface area contributed by atoms with E-state index < -0.39 is 30.0 Å². The number of aromatic nitrogens is 1. The first kappa shape index (κ1) is 23.0. The van der Waals surface area contributed by atoms with E-state index in [2.05, 4.69) is 10.3 Å². The molecule has 1 amide bonds. The molecule has 28 heavy (non-hydrogen) atoms. The van der Waals surface area contributed by atoms with Crippen molar-refractivity contribution in [2.45, 2.75) is 65.3 Å². The zero-order valence-electron chi connectivity index (χ0n) is 17.4. The molecule has 1 aliphatic rings. The van der Waals surface area contributed by atoms with Crippen LogP contribution < -0.4 is 5.32 Å². The van der Waals surface area contributed by atoms with Gasteiger partial charge in [0.15, 0.2) is 0 Å². The predicted octanol–water partition coefficient (Wildman–Crippen LogP) is 4.93. The van der Waals surface area contributed by atoms with Crippen molar-refractivity contribution in [2.75, 3.05) is 6.54 Å². The van der Waals surface area contributed by atoms with E-state index >= 15 is 0 Å². The van der Waals surface area contributed by atoms with E-state index in [0.29, 0.717) is 16.2 Å². The van der Waals surface area contributed by atoms with Crippen LogP contribution in [-0.2, 0) is 14.0 Å². The van der Waals surface area contributed by atoms with Crippen molar-refractivity contribution < 1.29 is 18.8 Å². The normalized spacial score (nSPS) is 18.9. The first-order valence-corrected chi connectivity index (χ1v) is 9.81. The number of carbonyl (C=O) groups is 1. The van der Waals surface area contributed by atoms with E-state index in [-0.39, 0.29) is 11.7 Å². The summed E-state index contributed by atoms with van der Waals surface area (Å²) in [5.41, 5.74) is -0.325. The third-order valence-corrected chi connectivity index (χ3v) is 5.09. The summed E-state index contributed by atoms with van der Waals surface area (Å²) in [6, 6.07) is 3.39. The highest BCUT2D eigenvalue weighted by atomic mass is 35.5. The quantitative estimate of drug-likeness (QED) is 0.543. The maximum atomic E-state index is 12.1. The first-order valence-electron chi connectivity index (χ1n) is 9.05. The van der Waals surface area contributed by atoms with Gasteiger partial charge < -0.3 is 19.4 Å². The maximum Gasteiger partial charge on any atom is 0.492 e. The summed E-state index contributed by atoms with van der Waals surface area (Å²) in [6.07, 6.45) is 1.25. The van der Waals surface area contributed by atoms with Gasteiger partial charge in [0.05, 0.1) is 11.2 Å². The maximum absolute atomic E-state index is 12.1. The average Bonchev–Trinajstić information content (AvgIpc) is 2.71. The number of hydrogen-bond acceptors (Lipinski definition) is 5. The fraction of sp³-hybridized carbons (Fsp3) is 0.579. The largest absolute Gasteiger partial charge is 0.492 e. The van der Waals surface area contributed by atoms with Crippen LogP contribution in [0.2, 0.25) is 10.3 Å². The summed E-state index contributed by atoms with van der Waals surface area (Å²) in [7, 11) is -0.660. The Hall–Kier alpha value is -1.28. The van der Waals surface area contributed by atoms with Crippen LogP contribution in [0, 0.1) is 0 Å². The summed E-state index contributed by atoms with van der Waals surface area (Å²) in [5.74, 6) is 0. The minimum atomic E-state index is -0.660. The molecule has 0 saturated carbocycles. The molecule has 1 aromatic heterocycles. The van der Waals surface area contributed by atoms with E-state index in [1.54, 1.807) is 39.0 Å². The number of alkyl carbamates (subject to hydrolysis) is 1. The van der Waals surface area contributed by atoms with E-state index in [9.17, 15) is 4.79 Å². The number of ether oxygens (including phenoxy) is 1. The van der Waals surface area contributed by atoms with E-state index in [0.717, 1.165) is 0 Å². The Morgan fingerprint density at radius 3 is 2.29 bits per heavy atom. The molecule has 9 heteroatoms. The van der Waals surface area contributed by atoms with Crippen LogP contribution in [0.15, 0.2) is 17.6 Å². The van der Waals surface area contributed by atoms with Crippen molar-refractivity contribution in [1.82, 2.24) is 10.3 Å². The summed E-state index contributed by atoms with van der Waals surface area (Å²) >= 11 is 12.1. The summed E-state index contributed by atoms with van der Waals surface area (Å²) in [6.45, 7) is 13.4. The molecule has 2 rings (SSSR count). The first-order chi connectivity index (χ1) is 12.7. The molecule has 0 radical (unpaired) electrons. The lowest BCUT2D eigenvalue weighted by molar-refractivity contribution is 0.00578. The molecule has 0 spiro atoms. The molecule has 0 atom stereocenters. The van der Waals surface area contributed by atoms with Gasteiger partial charge in [-0.2, -0.15) is 0 Å². The monoisotopic (exact) mass is 428 g/mol. The average molecular weight is 429 g/mol. The van der Waals surface area contributed by atoms with Gasteiger partial charge in [-0.1, -0.05) is 29.3 Å². The highest BCUT2D eigenvalue weighted by Gasteiger charge is 2.52. The van der Waals surface area contributed by atoms with Crippen molar-refractivity contribution >= 4 is 42.5 Å². The Balaban J connectivity index is 2.28. The Labute approximate surface area is 177 Å². The smallest absolute Gasteiger partial charge is 0.444 e. The van der Waals surface area contributed by atoms with Gasteiger partial charge in [-0.25, -0.2) is 9.78 Å². The fourth-order valence-electron chi connectivity index (χ4n) is 2.42. The molecule has 1 N–H and O–H groups in total. The molecule has 6 nitrogen and oxygen atoms in total. The molecule has 0 aliphatic carbocycles. The van der Waals surface area contributed by atoms with Crippen LogP contribution >= 0.6 is 23.2 Å².